The fourth-order valence-electron chi connectivity index (χ4n) is 4.61. The summed E-state index contributed by atoms with van der Waals surface area (Å²) in [5, 5.41) is 13.6. The first-order chi connectivity index (χ1) is 15.8. The Labute approximate surface area is 186 Å². The van der Waals surface area contributed by atoms with Gasteiger partial charge in [-0.3, -0.25) is 4.40 Å². The van der Waals surface area contributed by atoms with Gasteiger partial charge in [-0.25, -0.2) is 4.98 Å². The summed E-state index contributed by atoms with van der Waals surface area (Å²) in [6.45, 7) is 1.55. The minimum absolute atomic E-state index is 0.254. The van der Waals surface area contributed by atoms with Crippen molar-refractivity contribution in [1.82, 2.24) is 24.9 Å². The predicted molar refractivity (Wildman–Crippen MR) is 127 cm³/mol. The molecule has 0 amide bonds. The highest BCUT2D eigenvalue weighted by atomic mass is 15.3. The lowest BCUT2D eigenvalue weighted by atomic mass is 9.97. The van der Waals surface area contributed by atoms with Gasteiger partial charge in [-0.1, -0.05) is 54.6 Å². The van der Waals surface area contributed by atoms with Crippen LogP contribution < -0.4 is 11.1 Å². The van der Waals surface area contributed by atoms with E-state index in [0.717, 1.165) is 63.3 Å². The second-order valence-corrected chi connectivity index (χ2v) is 8.30. The van der Waals surface area contributed by atoms with E-state index in [-0.39, 0.29) is 6.04 Å². The summed E-state index contributed by atoms with van der Waals surface area (Å²) < 4.78 is 2.11. The second kappa shape index (κ2) is 7.82. The third kappa shape index (κ3) is 3.16. The molecule has 3 N–H and O–H groups in total. The molecule has 158 valence electrons. The smallest absolute Gasteiger partial charge is 0.170 e. The van der Waals surface area contributed by atoms with Crippen molar-refractivity contribution < 1.29 is 0 Å². The Morgan fingerprint density at radius 2 is 1.81 bits per heavy atom. The Hall–Kier alpha value is -3.61. The Kier molecular flexibility index (Phi) is 4.67. The van der Waals surface area contributed by atoms with E-state index < -0.39 is 0 Å². The van der Waals surface area contributed by atoms with Gasteiger partial charge in [-0.15, -0.1) is 10.2 Å². The molecule has 0 saturated carbocycles. The van der Waals surface area contributed by atoms with Crippen molar-refractivity contribution in [2.75, 3.05) is 6.54 Å². The molecule has 4 heterocycles. The molecule has 1 aliphatic heterocycles. The average molecular weight is 421 g/mol. The molecule has 0 spiro atoms. The molecule has 6 rings (SSSR count). The maximum absolute atomic E-state index is 5.80. The number of pyridine rings is 2. The summed E-state index contributed by atoms with van der Waals surface area (Å²) >= 11 is 0. The van der Waals surface area contributed by atoms with Crippen LogP contribution >= 0.6 is 0 Å². The molecular formula is C26H24N6. The Morgan fingerprint density at radius 3 is 2.56 bits per heavy atom. The van der Waals surface area contributed by atoms with E-state index in [1.807, 2.05) is 12.3 Å². The number of nitrogens with two attached hydrogens (primary N) is 1. The van der Waals surface area contributed by atoms with E-state index in [4.69, 9.17) is 10.7 Å². The minimum Gasteiger partial charge on any atom is -0.326 e. The van der Waals surface area contributed by atoms with E-state index in [0.29, 0.717) is 6.54 Å². The number of nitrogens with zero attached hydrogens (tertiary/aromatic N) is 4. The summed E-state index contributed by atoms with van der Waals surface area (Å²) in [6, 6.07) is 23.3. The predicted octanol–water partition coefficient (Wildman–Crippen LogP) is 4.49. The summed E-state index contributed by atoms with van der Waals surface area (Å²) in [5.74, 6) is 0.974. The van der Waals surface area contributed by atoms with Crippen LogP contribution in [0.25, 0.3) is 38.9 Å². The van der Waals surface area contributed by atoms with Gasteiger partial charge in [0.05, 0.1) is 17.3 Å². The third-order valence-corrected chi connectivity index (χ3v) is 6.32. The number of aromatic nitrogens is 4. The molecule has 1 saturated heterocycles. The zero-order chi connectivity index (χ0) is 21.5. The number of fused-ring (bicyclic) bond motifs is 3. The van der Waals surface area contributed by atoms with Crippen molar-refractivity contribution in [3.63, 3.8) is 0 Å². The maximum Gasteiger partial charge on any atom is 0.170 e. The fraction of sp³-hybridized carbons (Fsp3) is 0.192. The first-order valence-corrected chi connectivity index (χ1v) is 11.1. The first kappa shape index (κ1) is 19.1. The second-order valence-electron chi connectivity index (χ2n) is 8.30. The molecule has 32 heavy (non-hydrogen) atoms. The van der Waals surface area contributed by atoms with Crippen LogP contribution in [0.1, 0.15) is 30.3 Å². The van der Waals surface area contributed by atoms with Gasteiger partial charge >= 0.3 is 0 Å². The van der Waals surface area contributed by atoms with Crippen molar-refractivity contribution in [2.24, 2.45) is 5.73 Å². The zero-order valence-electron chi connectivity index (χ0n) is 17.7. The van der Waals surface area contributed by atoms with Crippen molar-refractivity contribution >= 4 is 16.6 Å². The van der Waals surface area contributed by atoms with Gasteiger partial charge < -0.3 is 11.1 Å². The molecule has 0 radical (unpaired) electrons. The lowest BCUT2D eigenvalue weighted by Gasteiger charge is -2.13. The number of hydrogen-bond acceptors (Lipinski definition) is 5. The van der Waals surface area contributed by atoms with E-state index in [2.05, 4.69) is 80.6 Å². The third-order valence-electron chi connectivity index (χ3n) is 6.32. The van der Waals surface area contributed by atoms with Gasteiger partial charge in [0.2, 0.25) is 0 Å². The number of hydrogen-bond donors (Lipinski definition) is 2. The summed E-state index contributed by atoms with van der Waals surface area (Å²) in [5.41, 5.74) is 12.9. The van der Waals surface area contributed by atoms with Gasteiger partial charge in [0.1, 0.15) is 0 Å². The van der Waals surface area contributed by atoms with Gasteiger partial charge in [0.25, 0.3) is 0 Å². The molecule has 1 atom stereocenters. The van der Waals surface area contributed by atoms with Crippen molar-refractivity contribution in [2.45, 2.75) is 25.4 Å². The molecule has 6 heteroatoms. The van der Waals surface area contributed by atoms with Crippen LogP contribution in [-0.4, -0.2) is 26.1 Å². The lowest BCUT2D eigenvalue weighted by Crippen LogP contribution is -2.15. The van der Waals surface area contributed by atoms with E-state index in [1.165, 1.54) is 6.42 Å². The van der Waals surface area contributed by atoms with Crippen molar-refractivity contribution in [3.8, 4) is 22.4 Å². The summed E-state index contributed by atoms with van der Waals surface area (Å²) in [6.07, 6.45) is 4.30. The normalized spacial score (nSPS) is 16.2. The van der Waals surface area contributed by atoms with E-state index in [9.17, 15) is 0 Å². The fourth-order valence-corrected chi connectivity index (χ4v) is 4.61. The first-order valence-electron chi connectivity index (χ1n) is 11.1. The van der Waals surface area contributed by atoms with Crippen LogP contribution in [-0.2, 0) is 6.54 Å². The highest BCUT2D eigenvalue weighted by Crippen LogP contribution is 2.35. The van der Waals surface area contributed by atoms with Gasteiger partial charge in [-0.05, 0) is 42.6 Å². The topological polar surface area (TPSA) is 81.1 Å². The summed E-state index contributed by atoms with van der Waals surface area (Å²) in [4.78, 5) is 5.11. The lowest BCUT2D eigenvalue weighted by molar-refractivity contribution is 0.598. The van der Waals surface area contributed by atoms with Crippen molar-refractivity contribution in [3.05, 3.63) is 84.3 Å². The minimum atomic E-state index is 0.254. The largest absolute Gasteiger partial charge is 0.326 e. The molecule has 3 aromatic heterocycles. The monoisotopic (exact) mass is 420 g/mol. The molecule has 1 aliphatic rings. The van der Waals surface area contributed by atoms with Crippen LogP contribution in [0.3, 0.4) is 0 Å². The van der Waals surface area contributed by atoms with Crippen LogP contribution in [0.5, 0.6) is 0 Å². The zero-order valence-corrected chi connectivity index (χ0v) is 17.7. The number of rotatable bonds is 4. The number of benzene rings is 2. The number of nitrogens with one attached hydrogen (secondary N) is 1. The molecule has 0 aliphatic carbocycles. The molecule has 2 aromatic carbocycles. The van der Waals surface area contributed by atoms with E-state index >= 15 is 0 Å². The highest BCUT2D eigenvalue weighted by molar-refractivity contribution is 5.98. The molecule has 0 bridgehead atoms. The van der Waals surface area contributed by atoms with E-state index in [1.54, 1.807) is 0 Å². The molecule has 6 nitrogen and oxygen atoms in total. The highest BCUT2D eigenvalue weighted by Gasteiger charge is 2.23. The standard InChI is InChI=1S/C26H24N6/c27-16-17-8-10-19(11-9-17)24-20(18-5-2-1-3-6-18)15-21-22(29-24)12-14-32-25(21)30-31-26(32)23-7-4-13-28-23/h1-3,5-6,8-12,14-15,23,28H,4,7,13,16,27H2/t23-/m1/s1. The molecule has 0 unspecified atom stereocenters. The quantitative estimate of drug-likeness (QED) is 0.448. The molecule has 5 aromatic rings. The summed E-state index contributed by atoms with van der Waals surface area (Å²) in [7, 11) is 0. The Balaban J connectivity index is 1.59. The van der Waals surface area contributed by atoms with Crippen molar-refractivity contribution in [1.29, 1.82) is 0 Å². The Bertz CT molecular complexity index is 1400. The molecule has 1 fully saturated rings. The Morgan fingerprint density at radius 1 is 0.969 bits per heavy atom. The van der Waals surface area contributed by atoms with Gasteiger partial charge in [-0.2, -0.15) is 0 Å². The van der Waals surface area contributed by atoms with Crippen LogP contribution in [0.15, 0.2) is 72.9 Å². The van der Waals surface area contributed by atoms with Crippen LogP contribution in [0.2, 0.25) is 0 Å². The van der Waals surface area contributed by atoms with Gasteiger partial charge in [0, 0.05) is 29.3 Å². The van der Waals surface area contributed by atoms with Crippen LogP contribution in [0, 0.1) is 0 Å². The SMILES string of the molecule is NCc1ccc(-c2nc3ccn4c([C@H]5CCCN5)nnc4c3cc2-c2ccccc2)cc1. The van der Waals surface area contributed by atoms with Gasteiger partial charge in [0.15, 0.2) is 11.5 Å². The average Bonchev–Trinajstić information content (AvgIpc) is 3.54. The maximum atomic E-state index is 5.80. The van der Waals surface area contributed by atoms with Crippen LogP contribution in [0.4, 0.5) is 0 Å². The molecular weight excluding hydrogens is 396 g/mol.